The lowest BCUT2D eigenvalue weighted by Gasteiger charge is -2.20. The van der Waals surface area contributed by atoms with Crippen molar-refractivity contribution in [1.29, 1.82) is 5.26 Å². The molecule has 0 saturated carbocycles. The second-order valence-corrected chi connectivity index (χ2v) is 18.9. The largest absolute Gasteiger partial charge is 0.308 e. The molecule has 0 N–H and O–H groups in total. The maximum absolute atomic E-state index is 11.9. The number of rotatable bonds is 9. The molecule has 0 unspecified atom stereocenters. The van der Waals surface area contributed by atoms with E-state index in [0.717, 1.165) is 88.1 Å². The molecule has 0 atom stereocenters. The fraction of sp³-hybridized carbons (Fsp3) is 0. The molecule has 4 heterocycles. The van der Waals surface area contributed by atoms with Crippen molar-refractivity contribution in [3.8, 4) is 96.9 Å². The fourth-order valence-electron chi connectivity index (χ4n) is 10.7. The number of nitriles is 1. The van der Waals surface area contributed by atoms with Crippen LogP contribution in [0.25, 0.3) is 139 Å². The molecule has 362 valence electrons. The topological polar surface area (TPSA) is 115 Å². The van der Waals surface area contributed by atoms with Gasteiger partial charge in [-0.3, -0.25) is 0 Å². The van der Waals surface area contributed by atoms with Gasteiger partial charge in [-0.1, -0.05) is 182 Å². The van der Waals surface area contributed by atoms with Crippen LogP contribution in [0.1, 0.15) is 5.56 Å². The summed E-state index contributed by atoms with van der Waals surface area (Å²) in [6, 6.07) is 83.5. The van der Waals surface area contributed by atoms with E-state index >= 15 is 0 Å². The zero-order valence-corrected chi connectivity index (χ0v) is 41.6. The van der Waals surface area contributed by atoms with Gasteiger partial charge in [0, 0.05) is 60.5 Å². The maximum atomic E-state index is 11.9. The Morgan fingerprint density at radius 1 is 0.333 bits per heavy atom. The van der Waals surface area contributed by atoms with Gasteiger partial charge < -0.3 is 9.13 Å². The Balaban J connectivity index is 0.990. The highest BCUT2D eigenvalue weighted by molar-refractivity contribution is 6.13. The first kappa shape index (κ1) is 45.4. The summed E-state index contributed by atoms with van der Waals surface area (Å²) in [7, 11) is 0. The quantitative estimate of drug-likeness (QED) is 0.132. The van der Waals surface area contributed by atoms with Crippen molar-refractivity contribution in [2.45, 2.75) is 0 Å². The van der Waals surface area contributed by atoms with Gasteiger partial charge in [0.2, 0.25) is 0 Å². The van der Waals surface area contributed by atoms with Crippen LogP contribution in [0.15, 0.2) is 243 Å². The monoisotopic (exact) mass is 996 g/mol. The van der Waals surface area contributed by atoms with Crippen LogP contribution in [0, 0.1) is 17.9 Å². The van der Waals surface area contributed by atoms with Crippen LogP contribution in [0.3, 0.4) is 0 Å². The van der Waals surface area contributed by atoms with E-state index in [1.165, 1.54) is 0 Å². The van der Waals surface area contributed by atoms with Crippen molar-refractivity contribution in [3.63, 3.8) is 0 Å². The fourth-order valence-corrected chi connectivity index (χ4v) is 10.7. The minimum Gasteiger partial charge on any atom is -0.308 e. The number of benzene rings is 10. The normalized spacial score (nSPS) is 11.3. The van der Waals surface area contributed by atoms with Crippen molar-refractivity contribution in [2.75, 3.05) is 0 Å². The SMILES string of the molecule is [C-]#[N+]c1cccc(-c2ccc(-n3c4ccccc4c4cc(-c5nc(-c6ccccc6)nc(-c6ccccc6)n5)ccc43)c(C#N)c2-n2c3ccccc3c3cc(-c4nc(-c5ccccc5)nc(-c5ccccc5)n4)ccc32)c1. The summed E-state index contributed by atoms with van der Waals surface area (Å²) in [5, 5.41) is 15.8. The molecule has 0 radical (unpaired) electrons. The number of hydrogen-bond donors (Lipinski definition) is 0. The highest BCUT2D eigenvalue weighted by Crippen LogP contribution is 2.44. The first-order valence-corrected chi connectivity index (χ1v) is 25.5. The Hall–Kier alpha value is -11.2. The van der Waals surface area contributed by atoms with Crippen molar-refractivity contribution >= 4 is 49.3 Å². The van der Waals surface area contributed by atoms with Gasteiger partial charge in [0.1, 0.15) is 11.6 Å². The predicted octanol–water partition coefficient (Wildman–Crippen LogP) is 16.3. The molecule has 0 aliphatic rings. The smallest absolute Gasteiger partial charge is 0.187 e. The third-order valence-corrected chi connectivity index (χ3v) is 14.3. The van der Waals surface area contributed by atoms with Gasteiger partial charge >= 0.3 is 0 Å². The average Bonchev–Trinajstić information content (AvgIpc) is 4.08. The van der Waals surface area contributed by atoms with Crippen molar-refractivity contribution in [1.82, 2.24) is 39.0 Å². The molecule has 78 heavy (non-hydrogen) atoms. The lowest BCUT2D eigenvalue weighted by Crippen LogP contribution is -2.06. The molecule has 0 aliphatic carbocycles. The van der Waals surface area contributed by atoms with E-state index in [-0.39, 0.29) is 0 Å². The van der Waals surface area contributed by atoms with Crippen LogP contribution in [0.2, 0.25) is 0 Å². The number of aromatic nitrogens is 8. The van der Waals surface area contributed by atoms with Crippen LogP contribution in [-0.2, 0) is 0 Å². The highest BCUT2D eigenvalue weighted by Gasteiger charge is 2.26. The molecule has 0 amide bonds. The molecule has 0 fully saturated rings. The second-order valence-electron chi connectivity index (χ2n) is 18.9. The molecule has 14 rings (SSSR count). The van der Waals surface area contributed by atoms with E-state index in [4.69, 9.17) is 36.5 Å². The van der Waals surface area contributed by atoms with Gasteiger partial charge in [0.25, 0.3) is 0 Å². The first-order valence-electron chi connectivity index (χ1n) is 25.5. The van der Waals surface area contributed by atoms with E-state index < -0.39 is 0 Å². The summed E-state index contributed by atoms with van der Waals surface area (Å²) in [5.74, 6) is 3.39. The maximum Gasteiger partial charge on any atom is 0.187 e. The van der Waals surface area contributed by atoms with Crippen molar-refractivity contribution < 1.29 is 0 Å². The Kier molecular flexibility index (Phi) is 11.0. The van der Waals surface area contributed by atoms with E-state index in [2.05, 4.69) is 86.8 Å². The lowest BCUT2D eigenvalue weighted by molar-refractivity contribution is 1.07. The zero-order chi connectivity index (χ0) is 52.1. The zero-order valence-electron chi connectivity index (χ0n) is 41.6. The molecular formula is C68H40N10. The molecule has 0 aliphatic heterocycles. The summed E-state index contributed by atoms with van der Waals surface area (Å²) in [6.07, 6.45) is 0. The first-order chi connectivity index (χ1) is 38.6. The Morgan fingerprint density at radius 2 is 0.718 bits per heavy atom. The summed E-state index contributed by atoms with van der Waals surface area (Å²) in [5.41, 5.74) is 12.7. The van der Waals surface area contributed by atoms with E-state index in [1.54, 1.807) is 6.07 Å². The van der Waals surface area contributed by atoms with Crippen LogP contribution in [-0.4, -0.2) is 39.0 Å². The Morgan fingerprint density at radius 3 is 1.17 bits per heavy atom. The molecule has 4 aromatic heterocycles. The van der Waals surface area contributed by atoms with Crippen molar-refractivity contribution in [3.05, 3.63) is 260 Å². The van der Waals surface area contributed by atoms with Gasteiger partial charge in [-0.25, -0.2) is 34.7 Å². The molecular weight excluding hydrogens is 957 g/mol. The van der Waals surface area contributed by atoms with E-state index in [1.807, 2.05) is 170 Å². The number of hydrogen-bond acceptors (Lipinski definition) is 7. The molecule has 0 bridgehead atoms. The number of nitrogens with zero attached hydrogens (tertiary/aromatic N) is 10. The third-order valence-electron chi connectivity index (χ3n) is 14.3. The predicted molar refractivity (Wildman–Crippen MR) is 311 cm³/mol. The summed E-state index contributed by atoms with van der Waals surface area (Å²) in [4.78, 5) is 34.0. The van der Waals surface area contributed by atoms with Gasteiger partial charge in [-0.15, -0.1) is 0 Å². The number of para-hydroxylation sites is 2. The van der Waals surface area contributed by atoms with Gasteiger partial charge in [-0.2, -0.15) is 5.26 Å². The van der Waals surface area contributed by atoms with E-state index in [9.17, 15) is 5.26 Å². The van der Waals surface area contributed by atoms with Gasteiger partial charge in [-0.05, 0) is 66.2 Å². The summed E-state index contributed by atoms with van der Waals surface area (Å²) in [6.45, 7) is 8.00. The van der Waals surface area contributed by atoms with Crippen LogP contribution >= 0.6 is 0 Å². The lowest BCUT2D eigenvalue weighted by atomic mass is 9.97. The minimum absolute atomic E-state index is 0.453. The van der Waals surface area contributed by atoms with Crippen molar-refractivity contribution in [2.24, 2.45) is 0 Å². The molecule has 14 aromatic rings. The van der Waals surface area contributed by atoms with E-state index in [0.29, 0.717) is 57.6 Å². The summed E-state index contributed by atoms with van der Waals surface area (Å²) < 4.78 is 4.39. The van der Waals surface area contributed by atoms with Crippen LogP contribution < -0.4 is 0 Å². The average molecular weight is 997 g/mol. The van der Waals surface area contributed by atoms with Crippen LogP contribution in [0.4, 0.5) is 5.69 Å². The second kappa shape index (κ2) is 18.9. The Labute approximate surface area is 448 Å². The minimum atomic E-state index is 0.453. The molecule has 10 aromatic carbocycles. The van der Waals surface area contributed by atoms with Crippen LogP contribution in [0.5, 0.6) is 0 Å². The standard InChI is InChI=1S/C68H40N10/c1-70-50-28-18-27-47(39-50)51-35-38-61(77-57-31-16-14-29-52(57)54-40-48(33-36-59(54)77)67-73-63(43-19-6-2-7-20-43)71-64(74-67)44-21-8-3-9-22-44)56(42-69)62(51)78-58-32-17-15-30-53(58)55-41-49(34-37-60(55)78)68-75-65(45-23-10-4-11-24-45)72-66(76-68)46-25-12-5-13-26-46/h2-41H. The molecule has 10 nitrogen and oxygen atoms in total. The molecule has 0 spiro atoms. The molecule has 10 heteroatoms. The third kappa shape index (κ3) is 7.81. The number of fused-ring (bicyclic) bond motifs is 6. The summed E-state index contributed by atoms with van der Waals surface area (Å²) >= 11 is 0. The van der Waals surface area contributed by atoms with Gasteiger partial charge in [0.05, 0.1) is 40.0 Å². The highest BCUT2D eigenvalue weighted by atomic mass is 15.1. The van der Waals surface area contributed by atoms with Gasteiger partial charge in [0.15, 0.2) is 40.6 Å². The molecule has 0 saturated heterocycles. The Bertz CT molecular complexity index is 4630.